The van der Waals surface area contributed by atoms with Gasteiger partial charge in [0.25, 0.3) is 0 Å². The molecule has 0 fully saturated rings. The predicted octanol–water partition coefficient (Wildman–Crippen LogP) is 4.15. The van der Waals surface area contributed by atoms with Crippen molar-refractivity contribution < 1.29 is 0 Å². The van der Waals surface area contributed by atoms with Crippen LogP contribution in [0.2, 0.25) is 0 Å². The van der Waals surface area contributed by atoms with Crippen molar-refractivity contribution in [3.05, 3.63) is 51.3 Å². The fraction of sp³-hybridized carbons (Fsp3) is 0.438. The van der Waals surface area contributed by atoms with Crippen molar-refractivity contribution in [3.63, 3.8) is 0 Å². The Labute approximate surface area is 129 Å². The van der Waals surface area contributed by atoms with Gasteiger partial charge in [0.1, 0.15) is 0 Å². The molecule has 3 nitrogen and oxygen atoms in total. The zero-order valence-electron chi connectivity index (χ0n) is 12.7. The lowest BCUT2D eigenvalue weighted by molar-refractivity contribution is 0.482. The van der Waals surface area contributed by atoms with E-state index < -0.39 is 0 Å². The largest absolute Gasteiger partial charge is 0.308 e. The third-order valence-corrected chi connectivity index (χ3v) is 4.41. The molecule has 2 rings (SSSR count). The number of benzene rings is 1. The van der Waals surface area contributed by atoms with E-state index in [2.05, 4.69) is 76.9 Å². The molecule has 1 N–H and O–H groups in total. The third kappa shape index (κ3) is 2.67. The van der Waals surface area contributed by atoms with Crippen LogP contribution in [0.3, 0.4) is 0 Å². The fourth-order valence-electron chi connectivity index (χ4n) is 2.56. The van der Waals surface area contributed by atoms with Crippen LogP contribution in [-0.4, -0.2) is 16.8 Å². The first-order valence-corrected chi connectivity index (χ1v) is 7.73. The summed E-state index contributed by atoms with van der Waals surface area (Å²) in [5.74, 6) is 0. The Kier molecular flexibility index (Phi) is 4.66. The Morgan fingerprint density at radius 1 is 1.25 bits per heavy atom. The van der Waals surface area contributed by atoms with Gasteiger partial charge < -0.3 is 5.32 Å². The molecule has 1 unspecified atom stereocenters. The number of rotatable bonds is 4. The second-order valence-electron chi connectivity index (χ2n) is 5.43. The van der Waals surface area contributed by atoms with Crippen LogP contribution in [0.1, 0.15) is 48.3 Å². The van der Waals surface area contributed by atoms with Gasteiger partial charge in [-0.1, -0.05) is 18.2 Å². The van der Waals surface area contributed by atoms with Crippen molar-refractivity contribution >= 4 is 15.9 Å². The quantitative estimate of drug-likeness (QED) is 0.909. The molecule has 0 spiro atoms. The van der Waals surface area contributed by atoms with Crippen molar-refractivity contribution in [2.45, 2.75) is 39.8 Å². The van der Waals surface area contributed by atoms with Gasteiger partial charge in [-0.15, -0.1) is 0 Å². The van der Waals surface area contributed by atoms with Crippen LogP contribution >= 0.6 is 15.9 Å². The summed E-state index contributed by atoms with van der Waals surface area (Å²) in [6.07, 6.45) is 1.88. The molecule has 0 aliphatic rings. The van der Waals surface area contributed by atoms with Gasteiger partial charge in [0.15, 0.2) is 0 Å². The van der Waals surface area contributed by atoms with Crippen LogP contribution in [0.4, 0.5) is 0 Å². The van der Waals surface area contributed by atoms with Crippen molar-refractivity contribution in [2.24, 2.45) is 0 Å². The minimum atomic E-state index is 0.133. The molecule has 2 aromatic rings. The van der Waals surface area contributed by atoms with Crippen LogP contribution in [-0.2, 0) is 0 Å². The molecule has 108 valence electrons. The van der Waals surface area contributed by atoms with E-state index in [9.17, 15) is 0 Å². The Morgan fingerprint density at radius 3 is 2.55 bits per heavy atom. The Morgan fingerprint density at radius 2 is 1.95 bits per heavy atom. The molecule has 1 atom stereocenters. The van der Waals surface area contributed by atoms with Crippen LogP contribution < -0.4 is 5.32 Å². The highest BCUT2D eigenvalue weighted by Crippen LogP contribution is 2.32. The maximum absolute atomic E-state index is 4.49. The highest BCUT2D eigenvalue weighted by Gasteiger charge is 2.23. The summed E-state index contributed by atoms with van der Waals surface area (Å²) in [6, 6.07) is 6.92. The van der Waals surface area contributed by atoms with Gasteiger partial charge in [0, 0.05) is 6.04 Å². The fourth-order valence-corrected chi connectivity index (χ4v) is 3.06. The Balaban J connectivity index is 2.58. The molecule has 20 heavy (non-hydrogen) atoms. The Hall–Kier alpha value is -1.13. The van der Waals surface area contributed by atoms with Crippen molar-refractivity contribution in [1.29, 1.82) is 0 Å². The predicted molar refractivity (Wildman–Crippen MR) is 87.1 cm³/mol. The average Bonchev–Trinajstić information content (AvgIpc) is 2.78. The van der Waals surface area contributed by atoms with Gasteiger partial charge >= 0.3 is 0 Å². The van der Waals surface area contributed by atoms with Gasteiger partial charge in [-0.2, -0.15) is 5.10 Å². The molecule has 4 heteroatoms. The molecule has 0 aliphatic carbocycles. The van der Waals surface area contributed by atoms with Gasteiger partial charge in [-0.25, -0.2) is 0 Å². The summed E-state index contributed by atoms with van der Waals surface area (Å²) in [7, 11) is 2.00. The maximum Gasteiger partial charge on any atom is 0.0760 e. The Bertz CT molecular complexity index is 602. The molecule has 1 aromatic heterocycles. The molecular weight excluding hydrogens is 314 g/mol. The zero-order valence-corrected chi connectivity index (χ0v) is 14.3. The molecule has 0 saturated heterocycles. The van der Waals surface area contributed by atoms with E-state index in [0.29, 0.717) is 6.04 Å². The lowest BCUT2D eigenvalue weighted by Gasteiger charge is -2.23. The van der Waals surface area contributed by atoms with E-state index in [0.717, 1.165) is 4.47 Å². The van der Waals surface area contributed by atoms with Gasteiger partial charge in [0.2, 0.25) is 0 Å². The molecule has 1 heterocycles. The van der Waals surface area contributed by atoms with E-state index in [1.54, 1.807) is 0 Å². The standard InChI is InChI=1S/C16H22BrN3/c1-10(2)20-16(14(17)9-19-20)15(18-5)13-8-6-7-11(3)12(13)4/h6-10,15,18H,1-5H3. The molecule has 0 amide bonds. The number of halogens is 1. The number of hydrogen-bond acceptors (Lipinski definition) is 2. The van der Waals surface area contributed by atoms with E-state index >= 15 is 0 Å². The minimum Gasteiger partial charge on any atom is -0.308 e. The number of aromatic nitrogens is 2. The topological polar surface area (TPSA) is 29.9 Å². The molecule has 1 aromatic carbocycles. The summed E-state index contributed by atoms with van der Waals surface area (Å²) in [6.45, 7) is 8.64. The number of hydrogen-bond donors (Lipinski definition) is 1. The first-order valence-electron chi connectivity index (χ1n) is 6.93. The summed E-state index contributed by atoms with van der Waals surface area (Å²) in [5, 5.41) is 7.93. The zero-order chi connectivity index (χ0) is 14.9. The van der Waals surface area contributed by atoms with Crippen LogP contribution in [0.15, 0.2) is 28.9 Å². The van der Waals surface area contributed by atoms with Crippen LogP contribution in [0, 0.1) is 13.8 Å². The summed E-state index contributed by atoms with van der Waals surface area (Å²) >= 11 is 3.64. The van der Waals surface area contributed by atoms with Crippen molar-refractivity contribution in [1.82, 2.24) is 15.1 Å². The highest BCUT2D eigenvalue weighted by atomic mass is 79.9. The smallest absolute Gasteiger partial charge is 0.0760 e. The number of aryl methyl sites for hydroxylation is 1. The molecule has 0 bridgehead atoms. The van der Waals surface area contributed by atoms with Crippen molar-refractivity contribution in [3.8, 4) is 0 Å². The monoisotopic (exact) mass is 335 g/mol. The summed E-state index contributed by atoms with van der Waals surface area (Å²) in [4.78, 5) is 0. The van der Waals surface area contributed by atoms with E-state index in [-0.39, 0.29) is 6.04 Å². The normalized spacial score (nSPS) is 12.9. The second-order valence-corrected chi connectivity index (χ2v) is 6.28. The van der Waals surface area contributed by atoms with Gasteiger partial charge in [0.05, 0.1) is 22.4 Å². The third-order valence-electron chi connectivity index (χ3n) is 3.80. The lowest BCUT2D eigenvalue weighted by atomic mass is 9.95. The SMILES string of the molecule is CNC(c1cccc(C)c1C)c1c(Br)cnn1C(C)C. The van der Waals surface area contributed by atoms with Crippen LogP contribution in [0.25, 0.3) is 0 Å². The second kappa shape index (κ2) is 6.10. The summed E-state index contributed by atoms with van der Waals surface area (Å²) < 4.78 is 3.12. The lowest BCUT2D eigenvalue weighted by Crippen LogP contribution is -2.23. The molecule has 0 radical (unpaired) electrons. The van der Waals surface area contributed by atoms with Gasteiger partial charge in [-0.3, -0.25) is 4.68 Å². The minimum absolute atomic E-state index is 0.133. The van der Waals surface area contributed by atoms with Gasteiger partial charge in [-0.05, 0) is 67.4 Å². The van der Waals surface area contributed by atoms with E-state index in [4.69, 9.17) is 0 Å². The summed E-state index contributed by atoms with van der Waals surface area (Å²) in [5.41, 5.74) is 5.12. The van der Waals surface area contributed by atoms with E-state index in [1.165, 1.54) is 22.4 Å². The van der Waals surface area contributed by atoms with E-state index in [1.807, 2.05) is 13.2 Å². The van der Waals surface area contributed by atoms with Crippen LogP contribution in [0.5, 0.6) is 0 Å². The first-order chi connectivity index (χ1) is 9.47. The molecule has 0 saturated carbocycles. The highest BCUT2D eigenvalue weighted by molar-refractivity contribution is 9.10. The maximum atomic E-state index is 4.49. The number of nitrogens with one attached hydrogen (secondary N) is 1. The molecule has 0 aliphatic heterocycles. The number of nitrogens with zero attached hydrogens (tertiary/aromatic N) is 2. The van der Waals surface area contributed by atoms with Crippen molar-refractivity contribution in [2.75, 3.05) is 7.05 Å². The average molecular weight is 336 g/mol. The molecular formula is C16H22BrN3. The first kappa shape index (κ1) is 15.3.